The van der Waals surface area contributed by atoms with Crippen molar-refractivity contribution < 1.29 is 19.0 Å². The van der Waals surface area contributed by atoms with Gasteiger partial charge in [-0.1, -0.05) is 28.1 Å². The second-order valence-electron chi connectivity index (χ2n) is 6.59. The minimum absolute atomic E-state index is 0.412. The number of halogens is 1. The third-order valence-electron chi connectivity index (χ3n) is 4.86. The first-order valence-electron chi connectivity index (χ1n) is 9.04. The summed E-state index contributed by atoms with van der Waals surface area (Å²) in [6, 6.07) is 12.9. The van der Waals surface area contributed by atoms with Crippen LogP contribution in [0.5, 0.6) is 11.5 Å². The van der Waals surface area contributed by atoms with E-state index in [0.29, 0.717) is 41.1 Å². The minimum Gasteiger partial charge on any atom is -0.486 e. The van der Waals surface area contributed by atoms with Gasteiger partial charge in [0.1, 0.15) is 13.2 Å². The van der Waals surface area contributed by atoms with Crippen LogP contribution in [-0.2, 0) is 9.53 Å². The highest BCUT2D eigenvalue weighted by Gasteiger charge is 2.35. The Bertz CT molecular complexity index is 1020. The Balaban J connectivity index is 1.81. The average Bonchev–Trinajstić information content (AvgIpc) is 2.72. The molecule has 0 saturated heterocycles. The molecule has 6 nitrogen and oxygen atoms in total. The highest BCUT2D eigenvalue weighted by molar-refractivity contribution is 9.10. The largest absolute Gasteiger partial charge is 0.486 e. The van der Waals surface area contributed by atoms with Crippen LogP contribution < -0.4 is 19.7 Å². The predicted molar refractivity (Wildman–Crippen MR) is 117 cm³/mol. The van der Waals surface area contributed by atoms with Crippen molar-refractivity contribution in [3.05, 3.63) is 63.8 Å². The first-order valence-corrected chi connectivity index (χ1v) is 10.2. The van der Waals surface area contributed by atoms with Gasteiger partial charge in [-0.05, 0) is 49.0 Å². The van der Waals surface area contributed by atoms with Crippen molar-refractivity contribution in [1.82, 2.24) is 5.32 Å². The van der Waals surface area contributed by atoms with Crippen molar-refractivity contribution in [2.45, 2.75) is 13.0 Å². The van der Waals surface area contributed by atoms with Gasteiger partial charge in [0.25, 0.3) is 0 Å². The minimum atomic E-state index is -0.416. The molecule has 0 aromatic heterocycles. The first kappa shape index (κ1) is 19.7. The smallest absolute Gasteiger partial charge is 0.337 e. The van der Waals surface area contributed by atoms with Crippen molar-refractivity contribution in [1.29, 1.82) is 0 Å². The molecule has 0 unspecified atom stereocenters. The van der Waals surface area contributed by atoms with E-state index >= 15 is 0 Å². The Kier molecular flexibility index (Phi) is 5.47. The van der Waals surface area contributed by atoms with Crippen molar-refractivity contribution >= 4 is 44.9 Å². The van der Waals surface area contributed by atoms with Crippen LogP contribution in [0.2, 0.25) is 0 Å². The summed E-state index contributed by atoms with van der Waals surface area (Å²) in [6.07, 6.45) is 0. The van der Waals surface area contributed by atoms with Gasteiger partial charge in [0.05, 0.1) is 24.4 Å². The third-order valence-corrected chi connectivity index (χ3v) is 5.65. The fourth-order valence-corrected chi connectivity index (χ4v) is 4.31. The van der Waals surface area contributed by atoms with Gasteiger partial charge in [-0.3, -0.25) is 4.90 Å². The number of ether oxygens (including phenoxy) is 3. The van der Waals surface area contributed by atoms with Gasteiger partial charge in [0.15, 0.2) is 16.6 Å². The summed E-state index contributed by atoms with van der Waals surface area (Å²) in [5.41, 5.74) is 2.87. The van der Waals surface area contributed by atoms with E-state index in [1.165, 1.54) is 7.11 Å². The van der Waals surface area contributed by atoms with Crippen LogP contribution >= 0.6 is 28.1 Å². The zero-order valence-electron chi connectivity index (χ0n) is 15.9. The van der Waals surface area contributed by atoms with Gasteiger partial charge >= 0.3 is 5.97 Å². The highest BCUT2D eigenvalue weighted by Crippen LogP contribution is 2.39. The Morgan fingerprint density at radius 3 is 2.69 bits per heavy atom. The number of carbonyl (C=O) groups is 1. The Morgan fingerprint density at radius 2 is 1.97 bits per heavy atom. The predicted octanol–water partition coefficient (Wildman–Crippen LogP) is 4.10. The molecule has 0 saturated carbocycles. The van der Waals surface area contributed by atoms with E-state index in [4.69, 9.17) is 26.4 Å². The molecule has 4 rings (SSSR count). The van der Waals surface area contributed by atoms with E-state index in [9.17, 15) is 4.79 Å². The van der Waals surface area contributed by atoms with Gasteiger partial charge in [-0.25, -0.2) is 4.79 Å². The zero-order valence-corrected chi connectivity index (χ0v) is 18.3. The summed E-state index contributed by atoms with van der Waals surface area (Å²) in [7, 11) is 1.38. The van der Waals surface area contributed by atoms with Crippen molar-refractivity contribution in [3.63, 3.8) is 0 Å². The number of rotatable bonds is 3. The lowest BCUT2D eigenvalue weighted by Gasteiger charge is -2.37. The van der Waals surface area contributed by atoms with Crippen LogP contribution in [0.4, 0.5) is 5.69 Å². The molecule has 0 spiro atoms. The van der Waals surface area contributed by atoms with E-state index in [1.54, 1.807) is 0 Å². The summed E-state index contributed by atoms with van der Waals surface area (Å²) in [6.45, 7) is 2.88. The monoisotopic (exact) mass is 474 g/mol. The quantitative estimate of drug-likeness (QED) is 0.530. The number of anilines is 1. The number of thiocarbonyl (C=S) groups is 1. The summed E-state index contributed by atoms with van der Waals surface area (Å²) < 4.78 is 17.3. The number of allylic oxidation sites excluding steroid dienone is 1. The standard InChI is InChI=1S/C21H19BrN2O4S/c1-12-18(20(25)26-2)19(13-4-3-5-14(22)10-13)23-21(29)24(12)15-6-7-16-17(11-15)28-9-8-27-16/h3-7,10-11,19H,8-9H2,1-2H3,(H,23,29)/t19-/m0/s1. The molecule has 2 heterocycles. The summed E-state index contributed by atoms with van der Waals surface area (Å²) in [4.78, 5) is 14.5. The van der Waals surface area contributed by atoms with Crippen molar-refractivity contribution in [3.8, 4) is 11.5 Å². The number of fused-ring (bicyclic) bond motifs is 1. The Labute approximate surface area is 182 Å². The molecule has 0 aliphatic carbocycles. The maximum absolute atomic E-state index is 12.7. The molecule has 150 valence electrons. The van der Waals surface area contributed by atoms with Gasteiger partial charge in [0.2, 0.25) is 0 Å². The summed E-state index contributed by atoms with van der Waals surface area (Å²) >= 11 is 9.16. The molecule has 2 aromatic carbocycles. The molecule has 0 amide bonds. The fourth-order valence-electron chi connectivity index (χ4n) is 3.54. The number of nitrogens with zero attached hydrogens (tertiary/aromatic N) is 1. The van der Waals surface area contributed by atoms with Crippen LogP contribution in [0.1, 0.15) is 18.5 Å². The molecule has 8 heteroatoms. The molecule has 1 N–H and O–H groups in total. The lowest BCUT2D eigenvalue weighted by atomic mass is 9.95. The Morgan fingerprint density at radius 1 is 1.21 bits per heavy atom. The number of hydrogen-bond acceptors (Lipinski definition) is 5. The van der Waals surface area contributed by atoms with E-state index in [-0.39, 0.29) is 0 Å². The van der Waals surface area contributed by atoms with E-state index in [2.05, 4.69) is 21.2 Å². The molecule has 0 bridgehead atoms. The molecule has 2 aliphatic rings. The summed E-state index contributed by atoms with van der Waals surface area (Å²) in [5.74, 6) is 0.931. The lowest BCUT2D eigenvalue weighted by Crippen LogP contribution is -2.48. The molecule has 29 heavy (non-hydrogen) atoms. The average molecular weight is 475 g/mol. The molecule has 1 atom stereocenters. The number of esters is 1. The van der Waals surface area contributed by atoms with E-state index in [1.807, 2.05) is 54.3 Å². The molecule has 2 aromatic rings. The number of carbonyl (C=O) groups excluding carboxylic acids is 1. The number of hydrogen-bond donors (Lipinski definition) is 1. The number of methoxy groups -OCH3 is 1. The van der Waals surface area contributed by atoms with Crippen LogP contribution in [0.3, 0.4) is 0 Å². The normalized spacial score (nSPS) is 18.4. The van der Waals surface area contributed by atoms with Crippen LogP contribution in [0.25, 0.3) is 0 Å². The Hall–Kier alpha value is -2.58. The van der Waals surface area contributed by atoms with Gasteiger partial charge in [0, 0.05) is 16.2 Å². The SMILES string of the molecule is COC(=O)C1=C(C)N(c2ccc3c(c2)OCCO3)C(=S)N[C@H]1c1cccc(Br)c1. The topological polar surface area (TPSA) is 60.0 Å². The summed E-state index contributed by atoms with van der Waals surface area (Å²) in [5, 5.41) is 3.77. The van der Waals surface area contributed by atoms with E-state index in [0.717, 1.165) is 15.7 Å². The highest BCUT2D eigenvalue weighted by atomic mass is 79.9. The molecule has 0 radical (unpaired) electrons. The zero-order chi connectivity index (χ0) is 20.5. The van der Waals surface area contributed by atoms with E-state index < -0.39 is 12.0 Å². The number of nitrogens with one attached hydrogen (secondary N) is 1. The number of benzene rings is 2. The third kappa shape index (κ3) is 3.70. The molecular formula is C21H19BrN2O4S. The lowest BCUT2D eigenvalue weighted by molar-refractivity contribution is -0.136. The molecule has 0 fully saturated rings. The molecule has 2 aliphatic heterocycles. The van der Waals surface area contributed by atoms with Crippen molar-refractivity contribution in [2.24, 2.45) is 0 Å². The second-order valence-corrected chi connectivity index (χ2v) is 7.89. The maximum atomic E-state index is 12.7. The fraction of sp³-hybridized carbons (Fsp3) is 0.238. The van der Waals surface area contributed by atoms with Gasteiger partial charge in [-0.15, -0.1) is 0 Å². The second kappa shape index (κ2) is 8.04. The van der Waals surface area contributed by atoms with Gasteiger partial charge < -0.3 is 19.5 Å². The van der Waals surface area contributed by atoms with Crippen LogP contribution in [0, 0.1) is 0 Å². The van der Waals surface area contributed by atoms with Crippen molar-refractivity contribution in [2.75, 3.05) is 25.2 Å². The molecular weight excluding hydrogens is 456 g/mol. The van der Waals surface area contributed by atoms with Gasteiger partial charge in [-0.2, -0.15) is 0 Å². The van der Waals surface area contributed by atoms with Crippen LogP contribution in [-0.4, -0.2) is 31.4 Å². The van der Waals surface area contributed by atoms with Crippen LogP contribution in [0.15, 0.2) is 58.2 Å². The first-order chi connectivity index (χ1) is 14.0. The maximum Gasteiger partial charge on any atom is 0.337 e.